The van der Waals surface area contributed by atoms with E-state index in [0.29, 0.717) is 12.3 Å². The van der Waals surface area contributed by atoms with Gasteiger partial charge < -0.3 is 15.7 Å². The van der Waals surface area contributed by atoms with Gasteiger partial charge in [0.25, 0.3) is 0 Å². The summed E-state index contributed by atoms with van der Waals surface area (Å²) >= 11 is 0. The van der Waals surface area contributed by atoms with Gasteiger partial charge in [0.1, 0.15) is 0 Å². The lowest BCUT2D eigenvalue weighted by Gasteiger charge is -2.30. The smallest absolute Gasteiger partial charge is 0.220 e. The van der Waals surface area contributed by atoms with Crippen LogP contribution in [-0.2, 0) is 4.79 Å². The fraction of sp³-hybridized carbons (Fsp3) is 0.909. The van der Waals surface area contributed by atoms with Crippen molar-refractivity contribution in [2.75, 3.05) is 13.1 Å². The Balaban J connectivity index is 1.71. The molecule has 2 fully saturated rings. The van der Waals surface area contributed by atoms with Gasteiger partial charge in [-0.1, -0.05) is 12.8 Å². The van der Waals surface area contributed by atoms with Crippen LogP contribution < -0.4 is 10.6 Å². The lowest BCUT2D eigenvalue weighted by Crippen LogP contribution is -2.49. The Morgan fingerprint density at radius 2 is 2.07 bits per heavy atom. The van der Waals surface area contributed by atoms with Gasteiger partial charge in [0, 0.05) is 6.42 Å². The molecule has 2 atom stereocenters. The Labute approximate surface area is 90.4 Å². The van der Waals surface area contributed by atoms with Crippen LogP contribution in [0.2, 0.25) is 0 Å². The second-order valence-electron chi connectivity index (χ2n) is 4.75. The Bertz CT molecular complexity index is 229. The number of aliphatic hydroxyl groups excluding tert-OH is 1. The minimum absolute atomic E-state index is 0.000661. The number of hydrogen-bond acceptors (Lipinski definition) is 3. The first-order valence-corrected chi connectivity index (χ1v) is 5.94. The van der Waals surface area contributed by atoms with E-state index < -0.39 is 0 Å². The van der Waals surface area contributed by atoms with Crippen molar-refractivity contribution in [2.24, 2.45) is 5.92 Å². The number of aliphatic hydroxyl groups is 1. The molecule has 0 spiro atoms. The first-order valence-electron chi connectivity index (χ1n) is 5.94. The molecule has 4 heteroatoms. The molecule has 2 aliphatic rings. The van der Waals surface area contributed by atoms with Crippen molar-refractivity contribution < 1.29 is 9.90 Å². The Morgan fingerprint density at radius 3 is 2.67 bits per heavy atom. The molecule has 0 bridgehead atoms. The SMILES string of the molecule is O=C(CC1CNC1)N[C@@H]1CCCC[C@H]1O. The lowest BCUT2D eigenvalue weighted by molar-refractivity contribution is -0.124. The highest BCUT2D eigenvalue weighted by molar-refractivity contribution is 5.76. The summed E-state index contributed by atoms with van der Waals surface area (Å²) in [6, 6.07) is -0.000661. The molecule has 1 saturated carbocycles. The maximum absolute atomic E-state index is 11.6. The molecule has 4 nitrogen and oxygen atoms in total. The van der Waals surface area contributed by atoms with Crippen LogP contribution in [0.15, 0.2) is 0 Å². The molecular formula is C11H20N2O2. The fourth-order valence-electron chi connectivity index (χ4n) is 2.30. The molecule has 1 saturated heterocycles. The van der Waals surface area contributed by atoms with Crippen LogP contribution >= 0.6 is 0 Å². The summed E-state index contributed by atoms with van der Waals surface area (Å²) < 4.78 is 0. The van der Waals surface area contributed by atoms with Gasteiger partial charge >= 0.3 is 0 Å². The number of amides is 1. The number of carbonyl (C=O) groups is 1. The molecule has 0 aromatic rings. The maximum atomic E-state index is 11.6. The zero-order chi connectivity index (χ0) is 10.7. The van der Waals surface area contributed by atoms with Crippen LogP contribution in [0.1, 0.15) is 32.1 Å². The van der Waals surface area contributed by atoms with Crippen LogP contribution in [0.4, 0.5) is 0 Å². The molecule has 0 radical (unpaired) electrons. The average Bonchev–Trinajstić information content (AvgIpc) is 2.16. The van der Waals surface area contributed by atoms with Crippen LogP contribution in [0.5, 0.6) is 0 Å². The van der Waals surface area contributed by atoms with Gasteiger partial charge in [-0.2, -0.15) is 0 Å². The van der Waals surface area contributed by atoms with Gasteiger partial charge in [0.2, 0.25) is 5.91 Å². The van der Waals surface area contributed by atoms with Gasteiger partial charge in [0.15, 0.2) is 0 Å². The Hall–Kier alpha value is -0.610. The van der Waals surface area contributed by atoms with Crippen molar-refractivity contribution in [3.05, 3.63) is 0 Å². The standard InChI is InChI=1S/C11H20N2O2/c14-10-4-2-1-3-9(10)13-11(15)5-8-6-12-7-8/h8-10,12,14H,1-7H2,(H,13,15)/t9-,10-/m1/s1. The van der Waals surface area contributed by atoms with Gasteiger partial charge in [0.05, 0.1) is 12.1 Å². The summed E-state index contributed by atoms with van der Waals surface area (Å²) in [6.07, 6.45) is 4.23. The molecule has 0 aromatic heterocycles. The van der Waals surface area contributed by atoms with Crippen molar-refractivity contribution in [1.29, 1.82) is 0 Å². The summed E-state index contributed by atoms with van der Waals surface area (Å²) in [6.45, 7) is 1.92. The third-order valence-corrected chi connectivity index (χ3v) is 3.42. The van der Waals surface area contributed by atoms with Crippen LogP contribution in [-0.4, -0.2) is 36.2 Å². The highest BCUT2D eigenvalue weighted by Crippen LogP contribution is 2.18. The normalized spacial score (nSPS) is 32.1. The highest BCUT2D eigenvalue weighted by atomic mass is 16.3. The van der Waals surface area contributed by atoms with E-state index in [4.69, 9.17) is 0 Å². The predicted molar refractivity (Wildman–Crippen MR) is 57.4 cm³/mol. The van der Waals surface area contributed by atoms with Crippen LogP contribution in [0, 0.1) is 5.92 Å². The zero-order valence-electron chi connectivity index (χ0n) is 9.04. The van der Waals surface area contributed by atoms with E-state index in [1.165, 1.54) is 0 Å². The molecule has 0 unspecified atom stereocenters. The molecular weight excluding hydrogens is 192 g/mol. The van der Waals surface area contributed by atoms with Gasteiger partial charge in [-0.3, -0.25) is 4.79 Å². The number of hydrogen-bond donors (Lipinski definition) is 3. The molecule has 1 heterocycles. The molecule has 0 aromatic carbocycles. The van der Waals surface area contributed by atoms with Gasteiger partial charge in [-0.05, 0) is 31.8 Å². The third-order valence-electron chi connectivity index (χ3n) is 3.42. The topological polar surface area (TPSA) is 61.4 Å². The van der Waals surface area contributed by atoms with Crippen molar-refractivity contribution in [3.8, 4) is 0 Å². The van der Waals surface area contributed by atoms with Gasteiger partial charge in [-0.15, -0.1) is 0 Å². The van der Waals surface area contributed by atoms with E-state index in [9.17, 15) is 9.90 Å². The molecule has 1 aliphatic heterocycles. The number of carbonyl (C=O) groups excluding carboxylic acids is 1. The highest BCUT2D eigenvalue weighted by Gasteiger charge is 2.26. The lowest BCUT2D eigenvalue weighted by atomic mass is 9.92. The average molecular weight is 212 g/mol. The van der Waals surface area contributed by atoms with E-state index >= 15 is 0 Å². The van der Waals surface area contributed by atoms with Crippen LogP contribution in [0.25, 0.3) is 0 Å². The van der Waals surface area contributed by atoms with Crippen molar-refractivity contribution >= 4 is 5.91 Å². The number of rotatable bonds is 3. The minimum Gasteiger partial charge on any atom is -0.391 e. The monoisotopic (exact) mass is 212 g/mol. The molecule has 1 amide bonds. The molecule has 1 aliphatic carbocycles. The van der Waals surface area contributed by atoms with E-state index in [2.05, 4.69) is 10.6 Å². The fourth-order valence-corrected chi connectivity index (χ4v) is 2.30. The first-order chi connectivity index (χ1) is 7.25. The maximum Gasteiger partial charge on any atom is 0.220 e. The van der Waals surface area contributed by atoms with E-state index in [0.717, 1.165) is 38.8 Å². The van der Waals surface area contributed by atoms with Gasteiger partial charge in [-0.25, -0.2) is 0 Å². The van der Waals surface area contributed by atoms with E-state index in [1.54, 1.807) is 0 Å². The second-order valence-corrected chi connectivity index (χ2v) is 4.75. The Morgan fingerprint density at radius 1 is 1.33 bits per heavy atom. The third kappa shape index (κ3) is 2.92. The van der Waals surface area contributed by atoms with Crippen molar-refractivity contribution in [2.45, 2.75) is 44.2 Å². The van der Waals surface area contributed by atoms with Crippen molar-refractivity contribution in [3.63, 3.8) is 0 Å². The molecule has 2 rings (SSSR count). The molecule has 86 valence electrons. The van der Waals surface area contributed by atoms with E-state index in [1.807, 2.05) is 0 Å². The van der Waals surface area contributed by atoms with Crippen LogP contribution in [0.3, 0.4) is 0 Å². The minimum atomic E-state index is -0.331. The molecule has 15 heavy (non-hydrogen) atoms. The predicted octanol–water partition coefficient (Wildman–Crippen LogP) is 0.0156. The Kier molecular flexibility index (Phi) is 3.59. The number of nitrogens with one attached hydrogen (secondary N) is 2. The molecule has 3 N–H and O–H groups in total. The second kappa shape index (κ2) is 4.94. The zero-order valence-corrected chi connectivity index (χ0v) is 9.04. The summed E-state index contributed by atoms with van der Waals surface area (Å²) in [4.78, 5) is 11.6. The van der Waals surface area contributed by atoms with Crippen molar-refractivity contribution in [1.82, 2.24) is 10.6 Å². The summed E-state index contributed by atoms with van der Waals surface area (Å²) in [5.41, 5.74) is 0. The van der Waals surface area contributed by atoms with E-state index in [-0.39, 0.29) is 18.1 Å². The summed E-state index contributed by atoms with van der Waals surface area (Å²) in [5.74, 6) is 0.609. The first kappa shape index (κ1) is 10.9. The summed E-state index contributed by atoms with van der Waals surface area (Å²) in [5, 5.41) is 15.8. The largest absolute Gasteiger partial charge is 0.391 e. The summed E-state index contributed by atoms with van der Waals surface area (Å²) in [7, 11) is 0. The quantitative estimate of drug-likeness (QED) is 0.618.